The monoisotopic (exact) mass is 382 g/mol. The van der Waals surface area contributed by atoms with Crippen LogP contribution in [0.25, 0.3) is 0 Å². The molecular formula is C12H16BrClN2O3S. The molecule has 0 saturated carbocycles. The Morgan fingerprint density at radius 3 is 2.55 bits per heavy atom. The molecule has 0 spiro atoms. The van der Waals surface area contributed by atoms with Crippen LogP contribution in [0.4, 0.5) is 0 Å². The van der Waals surface area contributed by atoms with Crippen LogP contribution in [0.15, 0.2) is 22.7 Å². The third-order valence-electron chi connectivity index (χ3n) is 2.33. The lowest BCUT2D eigenvalue weighted by Gasteiger charge is -2.25. The second-order valence-electron chi connectivity index (χ2n) is 5.06. The maximum absolute atomic E-state index is 12.0. The Kier molecular flexibility index (Phi) is 5.60. The van der Waals surface area contributed by atoms with Gasteiger partial charge in [0, 0.05) is 16.6 Å². The van der Waals surface area contributed by atoms with Gasteiger partial charge in [-0.1, -0.05) is 27.5 Å². The molecule has 0 aromatic heterocycles. The highest BCUT2D eigenvalue weighted by molar-refractivity contribution is 9.10. The number of carbonyl (C=O) groups excluding carboxylic acids is 1. The van der Waals surface area contributed by atoms with Gasteiger partial charge in [0.2, 0.25) is 10.0 Å². The predicted octanol–water partition coefficient (Wildman–Crippen LogP) is 2.16. The molecule has 1 rings (SSSR count). The second kappa shape index (κ2) is 6.43. The predicted molar refractivity (Wildman–Crippen MR) is 83.5 cm³/mol. The first kappa shape index (κ1) is 17.4. The van der Waals surface area contributed by atoms with E-state index >= 15 is 0 Å². The van der Waals surface area contributed by atoms with E-state index in [1.54, 1.807) is 32.0 Å². The van der Waals surface area contributed by atoms with E-state index in [2.05, 4.69) is 26.0 Å². The molecule has 8 heteroatoms. The Morgan fingerprint density at radius 1 is 1.40 bits per heavy atom. The molecule has 20 heavy (non-hydrogen) atoms. The first-order chi connectivity index (χ1) is 9.00. The number of hydrogen-bond donors (Lipinski definition) is 2. The first-order valence-corrected chi connectivity index (χ1v) is 8.79. The van der Waals surface area contributed by atoms with Crippen LogP contribution in [0.1, 0.15) is 24.2 Å². The number of amides is 1. The summed E-state index contributed by atoms with van der Waals surface area (Å²) in [6, 6.07) is 4.95. The van der Waals surface area contributed by atoms with E-state index in [0.717, 1.165) is 10.7 Å². The molecule has 1 aromatic rings. The standard InChI is InChI=1S/C12H16BrClN2O3S/c1-12(2,16-20(3,18)19)7-15-11(17)9-6-8(13)4-5-10(9)14/h4-6,16H,7H2,1-3H3,(H,15,17). The molecule has 5 nitrogen and oxygen atoms in total. The molecule has 1 aromatic carbocycles. The zero-order chi connectivity index (χ0) is 15.6. The molecule has 0 bridgehead atoms. The summed E-state index contributed by atoms with van der Waals surface area (Å²) in [5, 5.41) is 2.99. The van der Waals surface area contributed by atoms with Crippen LogP contribution in [0.3, 0.4) is 0 Å². The van der Waals surface area contributed by atoms with Crippen LogP contribution in [-0.2, 0) is 10.0 Å². The minimum Gasteiger partial charge on any atom is -0.350 e. The van der Waals surface area contributed by atoms with Crippen molar-refractivity contribution in [3.63, 3.8) is 0 Å². The van der Waals surface area contributed by atoms with Crippen molar-refractivity contribution in [1.82, 2.24) is 10.0 Å². The normalized spacial score (nSPS) is 12.2. The van der Waals surface area contributed by atoms with Gasteiger partial charge in [0.1, 0.15) is 0 Å². The molecule has 0 atom stereocenters. The lowest BCUT2D eigenvalue weighted by atomic mass is 10.1. The topological polar surface area (TPSA) is 75.3 Å². The van der Waals surface area contributed by atoms with Gasteiger partial charge in [-0.25, -0.2) is 13.1 Å². The van der Waals surface area contributed by atoms with E-state index in [9.17, 15) is 13.2 Å². The van der Waals surface area contributed by atoms with E-state index in [0.29, 0.717) is 10.6 Å². The molecule has 0 aliphatic heterocycles. The van der Waals surface area contributed by atoms with Crippen LogP contribution in [0.5, 0.6) is 0 Å². The Morgan fingerprint density at radius 2 is 2.00 bits per heavy atom. The van der Waals surface area contributed by atoms with Gasteiger partial charge >= 0.3 is 0 Å². The van der Waals surface area contributed by atoms with Gasteiger partial charge in [0.15, 0.2) is 0 Å². The summed E-state index contributed by atoms with van der Waals surface area (Å²) in [5.41, 5.74) is -0.460. The maximum atomic E-state index is 12.0. The number of benzene rings is 1. The Hall–Kier alpha value is -0.630. The Labute approximate surface area is 132 Å². The fourth-order valence-corrected chi connectivity index (χ4v) is 3.25. The lowest BCUT2D eigenvalue weighted by Crippen LogP contribution is -2.51. The molecular weight excluding hydrogens is 368 g/mol. The number of carbonyl (C=O) groups is 1. The largest absolute Gasteiger partial charge is 0.350 e. The van der Waals surface area contributed by atoms with Gasteiger partial charge in [-0.15, -0.1) is 0 Å². The number of rotatable bonds is 5. The average molecular weight is 384 g/mol. The summed E-state index contributed by atoms with van der Waals surface area (Å²) >= 11 is 9.22. The quantitative estimate of drug-likeness (QED) is 0.818. The van der Waals surface area contributed by atoms with Crippen LogP contribution >= 0.6 is 27.5 Å². The molecule has 0 fully saturated rings. The summed E-state index contributed by atoms with van der Waals surface area (Å²) in [4.78, 5) is 12.0. The van der Waals surface area contributed by atoms with Gasteiger partial charge < -0.3 is 5.32 Å². The number of halogens is 2. The lowest BCUT2D eigenvalue weighted by molar-refractivity contribution is 0.0944. The summed E-state index contributed by atoms with van der Waals surface area (Å²) in [5.74, 6) is -0.361. The Balaban J connectivity index is 2.75. The fourth-order valence-electron chi connectivity index (χ4n) is 1.61. The van der Waals surface area contributed by atoms with Crippen molar-refractivity contribution in [2.24, 2.45) is 0 Å². The maximum Gasteiger partial charge on any atom is 0.252 e. The zero-order valence-corrected chi connectivity index (χ0v) is 14.5. The zero-order valence-electron chi connectivity index (χ0n) is 11.3. The summed E-state index contributed by atoms with van der Waals surface area (Å²) in [6.07, 6.45) is 1.07. The van der Waals surface area contributed by atoms with Crippen molar-refractivity contribution in [3.8, 4) is 0 Å². The van der Waals surface area contributed by atoms with Gasteiger partial charge in [-0.3, -0.25) is 4.79 Å². The van der Waals surface area contributed by atoms with E-state index in [-0.39, 0.29) is 12.5 Å². The molecule has 0 aliphatic carbocycles. The van der Waals surface area contributed by atoms with E-state index in [1.165, 1.54) is 0 Å². The van der Waals surface area contributed by atoms with E-state index in [4.69, 9.17) is 11.6 Å². The van der Waals surface area contributed by atoms with Gasteiger partial charge in [0.25, 0.3) is 5.91 Å². The number of nitrogens with one attached hydrogen (secondary N) is 2. The highest BCUT2D eigenvalue weighted by Crippen LogP contribution is 2.20. The summed E-state index contributed by atoms with van der Waals surface area (Å²) in [7, 11) is -3.34. The van der Waals surface area contributed by atoms with Gasteiger partial charge in [0.05, 0.1) is 16.8 Å². The van der Waals surface area contributed by atoms with Crippen molar-refractivity contribution >= 4 is 43.5 Å². The van der Waals surface area contributed by atoms with Crippen molar-refractivity contribution < 1.29 is 13.2 Å². The van der Waals surface area contributed by atoms with Crippen molar-refractivity contribution in [3.05, 3.63) is 33.3 Å². The second-order valence-corrected chi connectivity index (χ2v) is 8.14. The molecule has 2 N–H and O–H groups in total. The minimum absolute atomic E-state index is 0.141. The van der Waals surface area contributed by atoms with Gasteiger partial charge in [-0.05, 0) is 32.0 Å². The van der Waals surface area contributed by atoms with Crippen molar-refractivity contribution in [2.75, 3.05) is 12.8 Å². The van der Waals surface area contributed by atoms with Crippen LogP contribution < -0.4 is 10.0 Å². The van der Waals surface area contributed by atoms with E-state index < -0.39 is 15.6 Å². The van der Waals surface area contributed by atoms with Crippen LogP contribution in [-0.4, -0.2) is 32.7 Å². The first-order valence-electron chi connectivity index (χ1n) is 5.72. The third-order valence-corrected chi connectivity index (χ3v) is 4.07. The third kappa shape index (κ3) is 5.78. The minimum atomic E-state index is -3.34. The molecule has 0 heterocycles. The average Bonchev–Trinajstić information content (AvgIpc) is 2.26. The van der Waals surface area contributed by atoms with Gasteiger partial charge in [-0.2, -0.15) is 0 Å². The SMILES string of the molecule is CC(C)(CNC(=O)c1cc(Br)ccc1Cl)NS(C)(=O)=O. The molecule has 0 unspecified atom stereocenters. The molecule has 0 aliphatic rings. The highest BCUT2D eigenvalue weighted by Gasteiger charge is 2.23. The fraction of sp³-hybridized carbons (Fsp3) is 0.417. The highest BCUT2D eigenvalue weighted by atomic mass is 79.9. The van der Waals surface area contributed by atoms with Crippen LogP contribution in [0, 0.1) is 0 Å². The van der Waals surface area contributed by atoms with E-state index in [1.807, 2.05) is 0 Å². The molecule has 0 radical (unpaired) electrons. The molecule has 112 valence electrons. The number of sulfonamides is 1. The van der Waals surface area contributed by atoms with Crippen molar-refractivity contribution in [1.29, 1.82) is 0 Å². The van der Waals surface area contributed by atoms with Crippen molar-refractivity contribution in [2.45, 2.75) is 19.4 Å². The molecule has 0 saturated heterocycles. The summed E-state index contributed by atoms with van der Waals surface area (Å²) < 4.78 is 25.6. The summed E-state index contributed by atoms with van der Waals surface area (Å²) in [6.45, 7) is 3.50. The molecule has 1 amide bonds. The smallest absolute Gasteiger partial charge is 0.252 e. The Bertz CT molecular complexity index is 617. The number of hydrogen-bond acceptors (Lipinski definition) is 3. The van der Waals surface area contributed by atoms with Crippen LogP contribution in [0.2, 0.25) is 5.02 Å².